The molecule has 0 radical (unpaired) electrons. The summed E-state index contributed by atoms with van der Waals surface area (Å²) in [6, 6.07) is 9.31. The summed E-state index contributed by atoms with van der Waals surface area (Å²) in [5, 5.41) is 3.61. The quantitative estimate of drug-likeness (QED) is 0.863. The fourth-order valence-corrected chi connectivity index (χ4v) is 2.70. The van der Waals surface area contributed by atoms with Gasteiger partial charge in [0.25, 0.3) is 0 Å². The van der Waals surface area contributed by atoms with Gasteiger partial charge in [0.1, 0.15) is 0 Å². The van der Waals surface area contributed by atoms with Crippen LogP contribution in [-0.4, -0.2) is 19.3 Å². The first-order valence-corrected chi connectivity index (χ1v) is 6.64. The standard InChI is InChI=1S/C15H23NO/c1-4-16-15(14-9-10-17-12(14)3)13-7-5-11(2)6-8-13/h5-8,12,14-16H,4,9-10H2,1-3H3. The molecule has 2 rings (SSSR count). The van der Waals surface area contributed by atoms with Crippen molar-refractivity contribution in [1.29, 1.82) is 0 Å². The molecule has 1 aliphatic rings. The average molecular weight is 233 g/mol. The molecule has 2 nitrogen and oxygen atoms in total. The number of nitrogens with one attached hydrogen (secondary N) is 1. The first-order valence-electron chi connectivity index (χ1n) is 6.64. The first kappa shape index (κ1) is 12.6. The molecule has 1 aliphatic heterocycles. The summed E-state index contributed by atoms with van der Waals surface area (Å²) in [6.45, 7) is 8.40. The maximum Gasteiger partial charge on any atom is 0.0594 e. The SMILES string of the molecule is CCNC(c1ccc(C)cc1)C1CCOC1C. The number of benzene rings is 1. The topological polar surface area (TPSA) is 21.3 Å². The van der Waals surface area contributed by atoms with Crippen LogP contribution in [-0.2, 0) is 4.74 Å². The molecule has 0 amide bonds. The second-order valence-corrected chi connectivity index (χ2v) is 4.97. The Morgan fingerprint density at radius 2 is 2.06 bits per heavy atom. The average Bonchev–Trinajstić information content (AvgIpc) is 2.74. The van der Waals surface area contributed by atoms with E-state index in [1.54, 1.807) is 0 Å². The van der Waals surface area contributed by atoms with Crippen LogP contribution in [0.5, 0.6) is 0 Å². The minimum absolute atomic E-state index is 0.361. The highest BCUT2D eigenvalue weighted by molar-refractivity contribution is 5.25. The smallest absolute Gasteiger partial charge is 0.0594 e. The third-order valence-corrected chi connectivity index (χ3v) is 3.72. The fourth-order valence-electron chi connectivity index (χ4n) is 2.70. The van der Waals surface area contributed by atoms with E-state index in [0.29, 0.717) is 18.1 Å². The van der Waals surface area contributed by atoms with Crippen LogP contribution in [0.4, 0.5) is 0 Å². The van der Waals surface area contributed by atoms with Crippen molar-refractivity contribution in [2.45, 2.75) is 39.3 Å². The van der Waals surface area contributed by atoms with E-state index in [0.717, 1.165) is 19.6 Å². The van der Waals surface area contributed by atoms with E-state index in [9.17, 15) is 0 Å². The predicted octanol–water partition coefficient (Wildman–Crippen LogP) is 3.07. The Balaban J connectivity index is 2.18. The molecule has 3 atom stereocenters. The van der Waals surface area contributed by atoms with Gasteiger partial charge < -0.3 is 10.1 Å². The molecular formula is C15H23NO. The molecule has 0 aromatic heterocycles. The monoisotopic (exact) mass is 233 g/mol. The van der Waals surface area contributed by atoms with Crippen LogP contribution in [0.2, 0.25) is 0 Å². The van der Waals surface area contributed by atoms with Gasteiger partial charge in [-0.1, -0.05) is 36.8 Å². The second kappa shape index (κ2) is 5.65. The van der Waals surface area contributed by atoms with Crippen LogP contribution in [0.15, 0.2) is 24.3 Å². The van der Waals surface area contributed by atoms with Crippen molar-refractivity contribution in [3.8, 4) is 0 Å². The van der Waals surface area contributed by atoms with Crippen molar-refractivity contribution in [3.05, 3.63) is 35.4 Å². The lowest BCUT2D eigenvalue weighted by Gasteiger charge is -2.27. The van der Waals surface area contributed by atoms with E-state index >= 15 is 0 Å². The van der Waals surface area contributed by atoms with E-state index in [4.69, 9.17) is 4.74 Å². The number of ether oxygens (including phenoxy) is 1. The summed E-state index contributed by atoms with van der Waals surface area (Å²) in [6.07, 6.45) is 1.52. The molecule has 1 fully saturated rings. The van der Waals surface area contributed by atoms with Gasteiger partial charge in [-0.25, -0.2) is 0 Å². The Morgan fingerprint density at radius 3 is 2.59 bits per heavy atom. The molecule has 3 unspecified atom stereocenters. The summed E-state index contributed by atoms with van der Waals surface area (Å²) in [7, 11) is 0. The van der Waals surface area contributed by atoms with Gasteiger partial charge in [-0.3, -0.25) is 0 Å². The third kappa shape index (κ3) is 2.88. The van der Waals surface area contributed by atoms with Crippen molar-refractivity contribution < 1.29 is 4.74 Å². The molecule has 0 spiro atoms. The maximum atomic E-state index is 5.70. The Morgan fingerprint density at radius 1 is 1.35 bits per heavy atom. The van der Waals surface area contributed by atoms with E-state index in [1.165, 1.54) is 11.1 Å². The second-order valence-electron chi connectivity index (χ2n) is 4.97. The van der Waals surface area contributed by atoms with Crippen LogP contribution < -0.4 is 5.32 Å². The largest absolute Gasteiger partial charge is 0.378 e. The van der Waals surface area contributed by atoms with Gasteiger partial charge in [-0.05, 0) is 32.4 Å². The van der Waals surface area contributed by atoms with Crippen LogP contribution >= 0.6 is 0 Å². The lowest BCUT2D eigenvalue weighted by molar-refractivity contribution is 0.0956. The van der Waals surface area contributed by atoms with Crippen LogP contribution in [0, 0.1) is 12.8 Å². The van der Waals surface area contributed by atoms with Crippen LogP contribution in [0.3, 0.4) is 0 Å². The number of rotatable bonds is 4. The molecule has 1 aromatic carbocycles. The van der Waals surface area contributed by atoms with Crippen LogP contribution in [0.1, 0.15) is 37.4 Å². The number of hydrogen-bond acceptors (Lipinski definition) is 2. The van der Waals surface area contributed by atoms with Crippen molar-refractivity contribution in [2.75, 3.05) is 13.2 Å². The van der Waals surface area contributed by atoms with E-state index < -0.39 is 0 Å². The Labute approximate surface area is 104 Å². The summed E-state index contributed by atoms with van der Waals surface area (Å²) in [5.41, 5.74) is 2.71. The minimum atomic E-state index is 0.361. The van der Waals surface area contributed by atoms with E-state index in [2.05, 4.69) is 50.4 Å². The molecule has 1 N–H and O–H groups in total. The first-order chi connectivity index (χ1) is 8.22. The Bertz CT molecular complexity index is 346. The van der Waals surface area contributed by atoms with E-state index in [-0.39, 0.29) is 0 Å². The molecule has 94 valence electrons. The molecular weight excluding hydrogens is 210 g/mol. The Kier molecular flexibility index (Phi) is 4.19. The number of aryl methyl sites for hydroxylation is 1. The zero-order chi connectivity index (χ0) is 12.3. The van der Waals surface area contributed by atoms with Crippen molar-refractivity contribution in [3.63, 3.8) is 0 Å². The molecule has 0 bridgehead atoms. The van der Waals surface area contributed by atoms with Gasteiger partial charge >= 0.3 is 0 Å². The van der Waals surface area contributed by atoms with Gasteiger partial charge in [0.15, 0.2) is 0 Å². The highest BCUT2D eigenvalue weighted by atomic mass is 16.5. The van der Waals surface area contributed by atoms with Gasteiger partial charge in [0.2, 0.25) is 0 Å². The van der Waals surface area contributed by atoms with E-state index in [1.807, 2.05) is 0 Å². The molecule has 0 aliphatic carbocycles. The maximum absolute atomic E-state index is 5.70. The number of hydrogen-bond donors (Lipinski definition) is 1. The summed E-state index contributed by atoms with van der Waals surface area (Å²) in [5.74, 6) is 0.595. The van der Waals surface area contributed by atoms with Crippen molar-refractivity contribution >= 4 is 0 Å². The molecule has 2 heteroatoms. The zero-order valence-electron chi connectivity index (χ0n) is 11.1. The predicted molar refractivity (Wildman–Crippen MR) is 71.1 cm³/mol. The Hall–Kier alpha value is -0.860. The summed E-state index contributed by atoms with van der Waals surface area (Å²) in [4.78, 5) is 0. The highest BCUT2D eigenvalue weighted by Crippen LogP contribution is 2.33. The molecule has 1 heterocycles. The van der Waals surface area contributed by atoms with Gasteiger partial charge in [-0.2, -0.15) is 0 Å². The van der Waals surface area contributed by atoms with Crippen LogP contribution in [0.25, 0.3) is 0 Å². The third-order valence-electron chi connectivity index (χ3n) is 3.72. The summed E-state index contributed by atoms with van der Waals surface area (Å²) >= 11 is 0. The molecule has 0 saturated carbocycles. The summed E-state index contributed by atoms with van der Waals surface area (Å²) < 4.78 is 5.70. The molecule has 1 aromatic rings. The van der Waals surface area contributed by atoms with Gasteiger partial charge in [0, 0.05) is 18.6 Å². The minimum Gasteiger partial charge on any atom is -0.378 e. The lowest BCUT2D eigenvalue weighted by Crippen LogP contribution is -2.31. The fraction of sp³-hybridized carbons (Fsp3) is 0.600. The van der Waals surface area contributed by atoms with Gasteiger partial charge in [0.05, 0.1) is 6.10 Å². The highest BCUT2D eigenvalue weighted by Gasteiger charge is 2.32. The van der Waals surface area contributed by atoms with Gasteiger partial charge in [-0.15, -0.1) is 0 Å². The normalized spacial score (nSPS) is 26.1. The van der Waals surface area contributed by atoms with Crippen molar-refractivity contribution in [2.24, 2.45) is 5.92 Å². The lowest BCUT2D eigenvalue weighted by atomic mass is 9.88. The molecule has 17 heavy (non-hydrogen) atoms. The van der Waals surface area contributed by atoms with Crippen molar-refractivity contribution in [1.82, 2.24) is 5.32 Å². The molecule has 1 saturated heterocycles. The zero-order valence-corrected chi connectivity index (χ0v) is 11.1.